The maximum Gasteiger partial charge on any atom is 0.0897 e. The van der Waals surface area contributed by atoms with Gasteiger partial charge in [-0.1, -0.05) is 0 Å². The van der Waals surface area contributed by atoms with Crippen molar-refractivity contribution in [1.29, 1.82) is 0 Å². The van der Waals surface area contributed by atoms with Gasteiger partial charge in [-0.05, 0) is 32.6 Å². The summed E-state index contributed by atoms with van der Waals surface area (Å²) in [6, 6.07) is 0.565. The molecule has 15 heavy (non-hydrogen) atoms. The van der Waals surface area contributed by atoms with Gasteiger partial charge in [-0.25, -0.2) is 4.98 Å². The fourth-order valence-electron chi connectivity index (χ4n) is 2.02. The number of aromatic nitrogens is 1. The van der Waals surface area contributed by atoms with E-state index in [2.05, 4.69) is 15.7 Å². The molecule has 1 saturated carbocycles. The average Bonchev–Trinajstić information content (AvgIpc) is 2.64. The van der Waals surface area contributed by atoms with Gasteiger partial charge in [-0.3, -0.25) is 0 Å². The van der Waals surface area contributed by atoms with Gasteiger partial charge in [0, 0.05) is 18.0 Å². The zero-order chi connectivity index (χ0) is 10.7. The third-order valence-corrected chi connectivity index (χ3v) is 3.76. The molecule has 1 aliphatic carbocycles. The summed E-state index contributed by atoms with van der Waals surface area (Å²) in [6.45, 7) is 2.90. The van der Waals surface area contributed by atoms with Crippen LogP contribution >= 0.6 is 11.3 Å². The lowest BCUT2D eigenvalue weighted by Crippen LogP contribution is -2.34. The van der Waals surface area contributed by atoms with Crippen LogP contribution in [0.4, 0.5) is 0 Å². The summed E-state index contributed by atoms with van der Waals surface area (Å²) in [5, 5.41) is 16.1. The first-order valence-corrected chi connectivity index (χ1v) is 6.44. The van der Waals surface area contributed by atoms with Gasteiger partial charge in [0.2, 0.25) is 0 Å². The topological polar surface area (TPSA) is 45.2 Å². The second-order valence-corrected chi connectivity index (χ2v) is 5.31. The van der Waals surface area contributed by atoms with Gasteiger partial charge in [0.15, 0.2) is 0 Å². The molecule has 0 unspecified atom stereocenters. The van der Waals surface area contributed by atoms with Crippen LogP contribution in [0.15, 0.2) is 5.38 Å². The molecule has 1 fully saturated rings. The highest BCUT2D eigenvalue weighted by Crippen LogP contribution is 2.18. The van der Waals surface area contributed by atoms with Crippen molar-refractivity contribution in [2.24, 2.45) is 0 Å². The van der Waals surface area contributed by atoms with Crippen LogP contribution in [0.3, 0.4) is 0 Å². The Morgan fingerprint density at radius 3 is 2.80 bits per heavy atom. The van der Waals surface area contributed by atoms with E-state index in [0.717, 1.165) is 42.9 Å². The van der Waals surface area contributed by atoms with E-state index in [0.29, 0.717) is 6.04 Å². The fourth-order valence-corrected chi connectivity index (χ4v) is 2.63. The van der Waals surface area contributed by atoms with E-state index in [-0.39, 0.29) is 6.10 Å². The van der Waals surface area contributed by atoms with Crippen molar-refractivity contribution in [3.05, 3.63) is 16.1 Å². The highest BCUT2D eigenvalue weighted by molar-refractivity contribution is 7.09. The molecule has 0 saturated heterocycles. The van der Waals surface area contributed by atoms with Crippen molar-refractivity contribution in [1.82, 2.24) is 10.3 Å². The van der Waals surface area contributed by atoms with E-state index in [1.165, 1.54) is 0 Å². The van der Waals surface area contributed by atoms with E-state index in [9.17, 15) is 5.11 Å². The summed E-state index contributed by atoms with van der Waals surface area (Å²) in [5.41, 5.74) is 1.14. The van der Waals surface area contributed by atoms with Gasteiger partial charge in [-0.2, -0.15) is 0 Å². The minimum absolute atomic E-state index is 0.0652. The van der Waals surface area contributed by atoms with Crippen molar-refractivity contribution in [3.63, 3.8) is 0 Å². The lowest BCUT2D eigenvalue weighted by atomic mass is 9.93. The Bertz CT molecular complexity index is 305. The number of hydrogen-bond acceptors (Lipinski definition) is 4. The predicted molar refractivity (Wildman–Crippen MR) is 62.0 cm³/mol. The van der Waals surface area contributed by atoms with E-state index < -0.39 is 0 Å². The lowest BCUT2D eigenvalue weighted by Gasteiger charge is -2.25. The van der Waals surface area contributed by atoms with Crippen molar-refractivity contribution >= 4 is 11.3 Å². The molecular formula is C11H18N2OS. The Morgan fingerprint density at radius 1 is 1.47 bits per heavy atom. The van der Waals surface area contributed by atoms with Crippen LogP contribution in [0.2, 0.25) is 0 Å². The van der Waals surface area contributed by atoms with Crippen molar-refractivity contribution in [2.75, 3.05) is 0 Å². The van der Waals surface area contributed by atoms with Crippen molar-refractivity contribution in [3.8, 4) is 0 Å². The minimum atomic E-state index is -0.0652. The van der Waals surface area contributed by atoms with Crippen molar-refractivity contribution < 1.29 is 5.11 Å². The van der Waals surface area contributed by atoms with Gasteiger partial charge in [0.05, 0.1) is 16.8 Å². The lowest BCUT2D eigenvalue weighted by molar-refractivity contribution is 0.116. The number of aliphatic hydroxyl groups is 1. The van der Waals surface area contributed by atoms with E-state index >= 15 is 0 Å². The molecule has 0 atom stereocenters. The molecule has 1 aromatic rings. The first-order chi connectivity index (χ1) is 7.24. The van der Waals surface area contributed by atoms with Gasteiger partial charge in [-0.15, -0.1) is 11.3 Å². The van der Waals surface area contributed by atoms with Crippen LogP contribution < -0.4 is 5.32 Å². The summed E-state index contributed by atoms with van der Waals surface area (Å²) in [7, 11) is 0. The number of nitrogens with one attached hydrogen (secondary N) is 1. The van der Waals surface area contributed by atoms with Gasteiger partial charge < -0.3 is 10.4 Å². The Kier molecular flexibility index (Phi) is 3.72. The Balaban J connectivity index is 1.74. The van der Waals surface area contributed by atoms with Crippen LogP contribution in [0.5, 0.6) is 0 Å². The monoisotopic (exact) mass is 226 g/mol. The summed E-state index contributed by atoms with van der Waals surface area (Å²) < 4.78 is 0. The molecule has 1 aromatic heterocycles. The molecule has 2 rings (SSSR count). The van der Waals surface area contributed by atoms with Crippen LogP contribution in [0.25, 0.3) is 0 Å². The first kappa shape index (κ1) is 11.0. The largest absolute Gasteiger partial charge is 0.393 e. The summed E-state index contributed by atoms with van der Waals surface area (Å²) in [6.07, 6.45) is 3.99. The van der Waals surface area contributed by atoms with E-state index in [1.54, 1.807) is 11.3 Å². The summed E-state index contributed by atoms with van der Waals surface area (Å²) >= 11 is 1.70. The number of nitrogens with zero attached hydrogens (tertiary/aromatic N) is 1. The molecular weight excluding hydrogens is 208 g/mol. The zero-order valence-corrected chi connectivity index (χ0v) is 9.89. The minimum Gasteiger partial charge on any atom is -0.393 e. The number of aliphatic hydroxyl groups excluding tert-OH is 1. The SMILES string of the molecule is Cc1nc(CNC2CCC(O)CC2)cs1. The second-order valence-electron chi connectivity index (χ2n) is 4.24. The Labute approximate surface area is 94.5 Å². The van der Waals surface area contributed by atoms with Crippen LogP contribution in [0.1, 0.15) is 36.4 Å². The smallest absolute Gasteiger partial charge is 0.0897 e. The van der Waals surface area contributed by atoms with Crippen LogP contribution in [0, 0.1) is 6.92 Å². The number of hydrogen-bond donors (Lipinski definition) is 2. The Hall–Kier alpha value is -0.450. The second kappa shape index (κ2) is 5.05. The molecule has 1 aliphatic rings. The molecule has 1 heterocycles. The highest BCUT2D eigenvalue weighted by atomic mass is 32.1. The molecule has 0 aromatic carbocycles. The predicted octanol–water partition coefficient (Wildman–Crippen LogP) is 1.84. The van der Waals surface area contributed by atoms with Crippen LogP contribution in [-0.2, 0) is 6.54 Å². The van der Waals surface area contributed by atoms with Crippen molar-refractivity contribution in [2.45, 2.75) is 51.3 Å². The Morgan fingerprint density at radius 2 is 2.20 bits per heavy atom. The molecule has 0 radical (unpaired) electrons. The number of thiazole rings is 1. The van der Waals surface area contributed by atoms with Crippen LogP contribution in [-0.4, -0.2) is 22.2 Å². The van der Waals surface area contributed by atoms with Gasteiger partial charge >= 0.3 is 0 Å². The summed E-state index contributed by atoms with van der Waals surface area (Å²) in [4.78, 5) is 4.42. The van der Waals surface area contributed by atoms with Gasteiger partial charge in [0.25, 0.3) is 0 Å². The van der Waals surface area contributed by atoms with E-state index in [1.807, 2.05) is 6.92 Å². The number of rotatable bonds is 3. The molecule has 0 spiro atoms. The maximum absolute atomic E-state index is 9.38. The third kappa shape index (κ3) is 3.26. The molecule has 84 valence electrons. The quantitative estimate of drug-likeness (QED) is 0.826. The first-order valence-electron chi connectivity index (χ1n) is 5.56. The normalized spacial score (nSPS) is 26.8. The average molecular weight is 226 g/mol. The molecule has 0 aliphatic heterocycles. The third-order valence-electron chi connectivity index (χ3n) is 2.94. The molecule has 2 N–H and O–H groups in total. The van der Waals surface area contributed by atoms with Gasteiger partial charge in [0.1, 0.15) is 0 Å². The molecule has 0 bridgehead atoms. The van der Waals surface area contributed by atoms with E-state index in [4.69, 9.17) is 0 Å². The molecule has 3 nitrogen and oxygen atoms in total. The fraction of sp³-hybridized carbons (Fsp3) is 0.727. The zero-order valence-electron chi connectivity index (χ0n) is 9.07. The highest BCUT2D eigenvalue weighted by Gasteiger charge is 2.18. The standard InChI is InChI=1S/C11H18N2OS/c1-8-13-10(7-15-8)6-12-9-2-4-11(14)5-3-9/h7,9,11-12,14H,2-6H2,1H3. The summed E-state index contributed by atoms with van der Waals surface area (Å²) in [5.74, 6) is 0. The maximum atomic E-state index is 9.38. The molecule has 0 amide bonds. The molecule has 4 heteroatoms. The number of aryl methyl sites for hydroxylation is 1.